The van der Waals surface area contributed by atoms with Crippen molar-refractivity contribution in [2.75, 3.05) is 0 Å². The average Bonchev–Trinajstić information content (AvgIpc) is 3.03. The number of ketones is 1. The Hall–Kier alpha value is -2.03. The van der Waals surface area contributed by atoms with E-state index in [2.05, 4.69) is 37.9 Å². The predicted molar refractivity (Wildman–Crippen MR) is 105 cm³/mol. The van der Waals surface area contributed by atoms with Gasteiger partial charge in [-0.2, -0.15) is 0 Å². The minimum absolute atomic E-state index is 0.0894. The number of halogens is 2. The highest BCUT2D eigenvalue weighted by Gasteiger charge is 2.19. The molecule has 25 heavy (non-hydrogen) atoms. The highest BCUT2D eigenvalue weighted by Crippen LogP contribution is 2.31. The highest BCUT2D eigenvalue weighted by molar-refractivity contribution is 6.37. The van der Waals surface area contributed by atoms with Crippen molar-refractivity contribution in [2.45, 2.75) is 26.2 Å². The van der Waals surface area contributed by atoms with E-state index in [-0.39, 0.29) is 11.2 Å². The molecule has 1 N–H and O–H groups in total. The number of hydrogen-bond acceptors (Lipinski definition) is 1. The third kappa shape index (κ3) is 3.65. The van der Waals surface area contributed by atoms with Gasteiger partial charge in [-0.05, 0) is 34.7 Å². The van der Waals surface area contributed by atoms with Gasteiger partial charge in [0.05, 0.1) is 5.02 Å². The van der Waals surface area contributed by atoms with Gasteiger partial charge in [0.2, 0.25) is 0 Å². The minimum Gasteiger partial charge on any atom is -0.366 e. The first-order valence-corrected chi connectivity index (χ1v) is 8.80. The number of hydrogen-bond donors (Lipinski definition) is 1. The SMILES string of the molecule is CC(C)(C)c1ccc(-c2c[nH]cc2C(=O)c2ccc(Cl)cc2Cl)cc1. The maximum Gasteiger partial charge on any atom is 0.196 e. The summed E-state index contributed by atoms with van der Waals surface area (Å²) in [6.07, 6.45) is 3.55. The molecule has 1 aromatic heterocycles. The van der Waals surface area contributed by atoms with E-state index in [0.29, 0.717) is 21.2 Å². The normalized spacial score (nSPS) is 11.6. The quantitative estimate of drug-likeness (QED) is 0.522. The van der Waals surface area contributed by atoms with Crippen LogP contribution in [-0.2, 0) is 5.41 Å². The lowest BCUT2D eigenvalue weighted by Crippen LogP contribution is -2.10. The van der Waals surface area contributed by atoms with Crippen LogP contribution in [0, 0.1) is 0 Å². The molecule has 1 heterocycles. The molecule has 0 atom stereocenters. The molecule has 0 fully saturated rings. The number of H-pyrrole nitrogens is 1. The first-order valence-electron chi connectivity index (χ1n) is 8.05. The van der Waals surface area contributed by atoms with Gasteiger partial charge >= 0.3 is 0 Å². The first-order chi connectivity index (χ1) is 11.8. The van der Waals surface area contributed by atoms with E-state index in [4.69, 9.17) is 23.2 Å². The molecule has 0 aliphatic carbocycles. The number of rotatable bonds is 3. The summed E-state index contributed by atoms with van der Waals surface area (Å²) >= 11 is 12.1. The summed E-state index contributed by atoms with van der Waals surface area (Å²) in [4.78, 5) is 15.9. The van der Waals surface area contributed by atoms with Gasteiger partial charge in [0.15, 0.2) is 5.78 Å². The fourth-order valence-electron chi connectivity index (χ4n) is 2.76. The fourth-order valence-corrected chi connectivity index (χ4v) is 3.25. The van der Waals surface area contributed by atoms with Crippen LogP contribution >= 0.6 is 23.2 Å². The van der Waals surface area contributed by atoms with E-state index in [1.807, 2.05) is 18.3 Å². The molecule has 3 rings (SSSR count). The van der Waals surface area contributed by atoms with Crippen molar-refractivity contribution in [1.82, 2.24) is 4.98 Å². The van der Waals surface area contributed by atoms with Crippen molar-refractivity contribution in [3.8, 4) is 11.1 Å². The average molecular weight is 372 g/mol. The summed E-state index contributed by atoms with van der Waals surface area (Å²) in [6.45, 7) is 6.53. The smallest absolute Gasteiger partial charge is 0.196 e. The van der Waals surface area contributed by atoms with E-state index >= 15 is 0 Å². The molecule has 0 saturated heterocycles. The molecule has 2 aromatic carbocycles. The molecule has 0 spiro atoms. The molecule has 0 amide bonds. The standard InChI is InChI=1S/C21H19Cl2NO/c1-21(2,3)14-6-4-13(5-7-14)17-11-24-12-18(17)20(25)16-9-8-15(22)10-19(16)23/h4-12,24H,1-3H3. The number of nitrogens with one attached hydrogen (secondary N) is 1. The van der Waals surface area contributed by atoms with Crippen LogP contribution in [0.25, 0.3) is 11.1 Å². The Balaban J connectivity index is 1.99. The Kier molecular flexibility index (Phi) is 4.77. The second kappa shape index (κ2) is 6.70. The van der Waals surface area contributed by atoms with Crippen LogP contribution in [0.5, 0.6) is 0 Å². The molecule has 3 aromatic rings. The number of aromatic amines is 1. The van der Waals surface area contributed by atoms with Gasteiger partial charge in [-0.3, -0.25) is 4.79 Å². The van der Waals surface area contributed by atoms with Crippen LogP contribution in [0.15, 0.2) is 54.9 Å². The van der Waals surface area contributed by atoms with Crippen molar-refractivity contribution >= 4 is 29.0 Å². The van der Waals surface area contributed by atoms with Crippen molar-refractivity contribution in [3.63, 3.8) is 0 Å². The van der Waals surface area contributed by atoms with Gasteiger partial charge in [0.25, 0.3) is 0 Å². The van der Waals surface area contributed by atoms with E-state index in [1.165, 1.54) is 5.56 Å². The molecule has 4 heteroatoms. The maximum absolute atomic E-state index is 12.9. The van der Waals surface area contributed by atoms with Gasteiger partial charge < -0.3 is 4.98 Å². The maximum atomic E-state index is 12.9. The second-order valence-corrected chi connectivity index (χ2v) is 7.91. The van der Waals surface area contributed by atoms with Crippen LogP contribution in [0.3, 0.4) is 0 Å². The minimum atomic E-state index is -0.127. The van der Waals surface area contributed by atoms with Crippen LogP contribution in [0.1, 0.15) is 42.3 Å². The zero-order valence-corrected chi connectivity index (χ0v) is 15.9. The van der Waals surface area contributed by atoms with Gasteiger partial charge in [0, 0.05) is 34.1 Å². The lowest BCUT2D eigenvalue weighted by Gasteiger charge is -2.19. The molecule has 0 bridgehead atoms. The summed E-state index contributed by atoms with van der Waals surface area (Å²) in [5.41, 5.74) is 4.22. The summed E-state index contributed by atoms with van der Waals surface area (Å²) in [5.74, 6) is -0.127. The topological polar surface area (TPSA) is 32.9 Å². The summed E-state index contributed by atoms with van der Waals surface area (Å²) < 4.78 is 0. The molecule has 0 aliphatic rings. The van der Waals surface area contributed by atoms with Gasteiger partial charge in [0.1, 0.15) is 0 Å². The molecule has 0 saturated carbocycles. The zero-order valence-electron chi connectivity index (χ0n) is 14.4. The Labute approximate surface area is 157 Å². The van der Waals surface area contributed by atoms with Crippen molar-refractivity contribution in [1.29, 1.82) is 0 Å². The zero-order chi connectivity index (χ0) is 18.2. The number of benzene rings is 2. The second-order valence-electron chi connectivity index (χ2n) is 7.06. The number of carbonyl (C=O) groups is 1. The lowest BCUT2D eigenvalue weighted by atomic mass is 9.86. The van der Waals surface area contributed by atoms with Gasteiger partial charge in [-0.25, -0.2) is 0 Å². The lowest BCUT2D eigenvalue weighted by molar-refractivity contribution is 0.103. The molecular formula is C21H19Cl2NO. The summed E-state index contributed by atoms with van der Waals surface area (Å²) in [5, 5.41) is 0.862. The Bertz CT molecular complexity index is 918. The largest absolute Gasteiger partial charge is 0.366 e. The molecule has 2 nitrogen and oxygen atoms in total. The van der Waals surface area contributed by atoms with Crippen molar-refractivity contribution < 1.29 is 4.79 Å². The molecule has 0 radical (unpaired) electrons. The molecular weight excluding hydrogens is 353 g/mol. The first kappa shape index (κ1) is 17.8. The fraction of sp³-hybridized carbons (Fsp3) is 0.190. The van der Waals surface area contributed by atoms with E-state index < -0.39 is 0 Å². The van der Waals surface area contributed by atoms with Crippen LogP contribution in [0.2, 0.25) is 10.0 Å². The van der Waals surface area contributed by atoms with Gasteiger partial charge in [-0.1, -0.05) is 68.2 Å². The Morgan fingerprint density at radius 1 is 0.920 bits per heavy atom. The van der Waals surface area contributed by atoms with Crippen LogP contribution in [0.4, 0.5) is 0 Å². The molecule has 128 valence electrons. The Morgan fingerprint density at radius 3 is 2.20 bits per heavy atom. The van der Waals surface area contributed by atoms with Crippen molar-refractivity contribution in [2.24, 2.45) is 0 Å². The van der Waals surface area contributed by atoms with Crippen LogP contribution in [-0.4, -0.2) is 10.8 Å². The van der Waals surface area contributed by atoms with E-state index in [0.717, 1.165) is 11.1 Å². The van der Waals surface area contributed by atoms with E-state index in [1.54, 1.807) is 24.4 Å². The summed E-state index contributed by atoms with van der Waals surface area (Å²) in [7, 11) is 0. The third-order valence-electron chi connectivity index (χ3n) is 4.23. The highest BCUT2D eigenvalue weighted by atomic mass is 35.5. The van der Waals surface area contributed by atoms with E-state index in [9.17, 15) is 4.79 Å². The monoisotopic (exact) mass is 371 g/mol. The molecule has 0 aliphatic heterocycles. The van der Waals surface area contributed by atoms with Crippen molar-refractivity contribution in [3.05, 3.63) is 81.6 Å². The Morgan fingerprint density at radius 2 is 1.60 bits per heavy atom. The van der Waals surface area contributed by atoms with Gasteiger partial charge in [-0.15, -0.1) is 0 Å². The molecule has 0 unspecified atom stereocenters. The summed E-state index contributed by atoms with van der Waals surface area (Å²) in [6, 6.07) is 13.2. The predicted octanol–water partition coefficient (Wildman–Crippen LogP) is 6.52. The number of aromatic nitrogens is 1. The number of carbonyl (C=O) groups excluding carboxylic acids is 1. The van der Waals surface area contributed by atoms with Crippen LogP contribution < -0.4 is 0 Å². The third-order valence-corrected chi connectivity index (χ3v) is 4.78.